The lowest BCUT2D eigenvalue weighted by atomic mass is 10.1. The highest BCUT2D eigenvalue weighted by Gasteiger charge is 2.36. The minimum absolute atomic E-state index is 0.339. The standard InChI is InChI=1S/C19H14F2N2O2S/c1-26-17(18(24)22-19(26)25)13-3-2-4-16-12(13)7-8-23(16)10-11-5-6-14(20)15(21)9-11/h2-9,17H,1,10H2,(H,22,24,25). The SMILES string of the molecule is C=S1C(=O)NC(=O)C1c1cccc2c1ccn2Cc1ccc(F)c(F)c1. The maximum Gasteiger partial charge on any atom is 0.280 e. The van der Waals surface area contributed by atoms with Crippen LogP contribution in [-0.4, -0.2) is 21.6 Å². The second-order valence-corrected chi connectivity index (χ2v) is 7.76. The van der Waals surface area contributed by atoms with E-state index in [1.165, 1.54) is 12.1 Å². The highest BCUT2D eigenvalue weighted by Crippen LogP contribution is 2.42. The number of carbonyl (C=O) groups is 2. The first-order valence-electron chi connectivity index (χ1n) is 7.85. The lowest BCUT2D eigenvalue weighted by molar-refractivity contribution is -0.119. The fourth-order valence-corrected chi connectivity index (χ4v) is 4.49. The zero-order valence-electron chi connectivity index (χ0n) is 13.5. The van der Waals surface area contributed by atoms with Crippen LogP contribution in [-0.2, 0) is 11.3 Å². The van der Waals surface area contributed by atoms with E-state index < -0.39 is 27.4 Å². The molecule has 3 aromatic rings. The summed E-state index contributed by atoms with van der Waals surface area (Å²) in [6, 6.07) is 11.2. The fraction of sp³-hybridized carbons (Fsp3) is 0.105. The number of carbonyl (C=O) groups excluding carboxylic acids is 2. The average Bonchev–Trinajstić information content (AvgIpc) is 3.12. The molecule has 0 spiro atoms. The third-order valence-corrected chi connectivity index (χ3v) is 6.07. The molecule has 1 aromatic heterocycles. The summed E-state index contributed by atoms with van der Waals surface area (Å²) in [7, 11) is -0.977. The predicted molar refractivity (Wildman–Crippen MR) is 98.4 cm³/mol. The molecule has 0 aliphatic carbocycles. The van der Waals surface area contributed by atoms with Gasteiger partial charge in [-0.05, 0) is 35.4 Å². The molecule has 2 amide bonds. The van der Waals surface area contributed by atoms with Gasteiger partial charge in [-0.3, -0.25) is 14.9 Å². The fourth-order valence-electron chi connectivity index (χ4n) is 3.21. The Labute approximate surface area is 150 Å². The van der Waals surface area contributed by atoms with Gasteiger partial charge in [0.15, 0.2) is 11.6 Å². The highest BCUT2D eigenvalue weighted by atomic mass is 32.2. The molecule has 1 fully saturated rings. The van der Waals surface area contributed by atoms with Gasteiger partial charge < -0.3 is 4.57 Å². The van der Waals surface area contributed by atoms with Gasteiger partial charge in [-0.25, -0.2) is 8.78 Å². The summed E-state index contributed by atoms with van der Waals surface area (Å²) in [5.41, 5.74) is 2.21. The first kappa shape index (κ1) is 16.7. The summed E-state index contributed by atoms with van der Waals surface area (Å²) in [5.74, 6) is 1.73. The summed E-state index contributed by atoms with van der Waals surface area (Å²) < 4.78 is 28.4. The third kappa shape index (κ3) is 2.64. The third-order valence-electron chi connectivity index (χ3n) is 4.45. The van der Waals surface area contributed by atoms with Crippen molar-refractivity contribution in [3.8, 4) is 0 Å². The number of fused-ring (bicyclic) bond motifs is 1. The number of nitrogens with zero attached hydrogens (tertiary/aromatic N) is 1. The van der Waals surface area contributed by atoms with Crippen LogP contribution in [0.25, 0.3) is 10.9 Å². The normalized spacial score (nSPS) is 19.9. The molecule has 2 aromatic carbocycles. The molecule has 1 N–H and O–H groups in total. The highest BCUT2D eigenvalue weighted by molar-refractivity contribution is 8.28. The Hall–Kier alpha value is -2.80. The van der Waals surface area contributed by atoms with Crippen molar-refractivity contribution in [3.05, 3.63) is 71.4 Å². The predicted octanol–water partition coefficient (Wildman–Crippen LogP) is 3.96. The van der Waals surface area contributed by atoms with E-state index in [4.69, 9.17) is 0 Å². The van der Waals surface area contributed by atoms with Crippen LogP contribution in [0.1, 0.15) is 16.4 Å². The minimum atomic E-state index is -0.977. The zero-order chi connectivity index (χ0) is 18.4. The molecule has 2 heterocycles. The van der Waals surface area contributed by atoms with E-state index in [0.29, 0.717) is 12.1 Å². The van der Waals surface area contributed by atoms with Crippen molar-refractivity contribution < 1.29 is 18.4 Å². The van der Waals surface area contributed by atoms with Gasteiger partial charge in [0.05, 0.1) is 0 Å². The van der Waals surface area contributed by atoms with Gasteiger partial charge in [-0.15, -0.1) is 0 Å². The van der Waals surface area contributed by atoms with Gasteiger partial charge in [-0.2, -0.15) is 0 Å². The summed E-state index contributed by atoms with van der Waals surface area (Å²) in [6.07, 6.45) is 1.82. The van der Waals surface area contributed by atoms with Gasteiger partial charge in [0.2, 0.25) is 5.91 Å². The Morgan fingerprint density at radius 1 is 1.12 bits per heavy atom. The van der Waals surface area contributed by atoms with Crippen molar-refractivity contribution in [2.24, 2.45) is 0 Å². The maximum absolute atomic E-state index is 13.4. The van der Waals surface area contributed by atoms with Crippen LogP contribution in [0.15, 0.2) is 48.7 Å². The molecule has 0 saturated carbocycles. The number of hydrogen-bond donors (Lipinski definition) is 1. The van der Waals surface area contributed by atoms with Gasteiger partial charge >= 0.3 is 0 Å². The van der Waals surface area contributed by atoms with Crippen LogP contribution in [0.2, 0.25) is 0 Å². The molecule has 4 rings (SSSR count). The quantitative estimate of drug-likeness (QED) is 0.708. The molecule has 7 heteroatoms. The second kappa shape index (κ2) is 6.17. The number of rotatable bonds is 3. The summed E-state index contributed by atoms with van der Waals surface area (Å²) in [4.78, 5) is 23.9. The van der Waals surface area contributed by atoms with E-state index in [1.807, 2.05) is 35.0 Å². The number of benzene rings is 2. The van der Waals surface area contributed by atoms with Crippen molar-refractivity contribution in [1.29, 1.82) is 0 Å². The second-order valence-electron chi connectivity index (χ2n) is 6.06. The summed E-state index contributed by atoms with van der Waals surface area (Å²) in [5, 5.41) is 2.21. The molecule has 26 heavy (non-hydrogen) atoms. The summed E-state index contributed by atoms with van der Waals surface area (Å²) in [6.45, 7) is 0.357. The van der Waals surface area contributed by atoms with E-state index in [9.17, 15) is 18.4 Å². The molecule has 0 bridgehead atoms. The van der Waals surface area contributed by atoms with Crippen LogP contribution < -0.4 is 5.32 Å². The molecule has 1 saturated heterocycles. The van der Waals surface area contributed by atoms with Gasteiger partial charge in [0, 0.05) is 23.6 Å². The van der Waals surface area contributed by atoms with E-state index in [2.05, 4.69) is 11.2 Å². The van der Waals surface area contributed by atoms with Crippen molar-refractivity contribution in [2.75, 3.05) is 0 Å². The van der Waals surface area contributed by atoms with Crippen molar-refractivity contribution >= 4 is 38.4 Å². The van der Waals surface area contributed by atoms with Crippen LogP contribution in [0.3, 0.4) is 0 Å². The van der Waals surface area contributed by atoms with Gasteiger partial charge in [0.25, 0.3) is 5.24 Å². The molecule has 1 aliphatic heterocycles. The van der Waals surface area contributed by atoms with E-state index in [0.717, 1.165) is 22.5 Å². The number of nitrogens with one attached hydrogen (secondary N) is 1. The van der Waals surface area contributed by atoms with Crippen molar-refractivity contribution in [2.45, 2.75) is 11.8 Å². The Kier molecular flexibility index (Phi) is 3.96. The number of halogens is 2. The van der Waals surface area contributed by atoms with Crippen LogP contribution in [0.4, 0.5) is 13.6 Å². The molecular formula is C19H14F2N2O2S. The molecule has 0 radical (unpaired) electrons. The number of aromatic nitrogens is 1. The average molecular weight is 372 g/mol. The largest absolute Gasteiger partial charge is 0.343 e. The van der Waals surface area contributed by atoms with Crippen LogP contribution in [0, 0.1) is 11.6 Å². The lowest BCUT2D eigenvalue weighted by Gasteiger charge is -2.11. The Balaban J connectivity index is 1.76. The topological polar surface area (TPSA) is 51.1 Å². The summed E-state index contributed by atoms with van der Waals surface area (Å²) >= 11 is 0. The van der Waals surface area contributed by atoms with Crippen molar-refractivity contribution in [3.63, 3.8) is 0 Å². The molecule has 132 valence electrons. The van der Waals surface area contributed by atoms with Gasteiger partial charge in [-0.1, -0.05) is 34.6 Å². The first-order valence-corrected chi connectivity index (χ1v) is 9.30. The Morgan fingerprint density at radius 2 is 1.92 bits per heavy atom. The Morgan fingerprint density at radius 3 is 2.62 bits per heavy atom. The molecule has 2 unspecified atom stereocenters. The van der Waals surface area contributed by atoms with E-state index >= 15 is 0 Å². The van der Waals surface area contributed by atoms with Crippen molar-refractivity contribution in [1.82, 2.24) is 9.88 Å². The van der Waals surface area contributed by atoms with E-state index in [-0.39, 0.29) is 11.1 Å². The smallest absolute Gasteiger partial charge is 0.280 e. The minimum Gasteiger partial charge on any atom is -0.343 e. The first-order chi connectivity index (χ1) is 12.5. The Bertz CT molecular complexity index is 1090. The monoisotopic (exact) mass is 372 g/mol. The van der Waals surface area contributed by atoms with E-state index in [1.54, 1.807) is 0 Å². The van der Waals surface area contributed by atoms with Gasteiger partial charge in [0.1, 0.15) is 5.25 Å². The number of hydrogen-bond acceptors (Lipinski definition) is 2. The molecule has 1 aliphatic rings. The number of imide groups is 1. The van der Waals surface area contributed by atoms with Crippen LogP contribution >= 0.6 is 10.5 Å². The van der Waals surface area contributed by atoms with Crippen LogP contribution in [0.5, 0.6) is 0 Å². The lowest BCUT2D eigenvalue weighted by Crippen LogP contribution is -2.20. The molecule has 2 atom stereocenters. The molecular weight excluding hydrogens is 358 g/mol. The maximum atomic E-state index is 13.4. The number of amides is 2. The molecule has 4 nitrogen and oxygen atoms in total. The zero-order valence-corrected chi connectivity index (χ0v) is 14.4.